The summed E-state index contributed by atoms with van der Waals surface area (Å²) in [4.78, 5) is 63.8. The van der Waals surface area contributed by atoms with Crippen molar-refractivity contribution in [2.24, 2.45) is 0 Å². The number of carbonyl (C=O) groups excluding carboxylic acids is 3. The zero-order valence-corrected chi connectivity index (χ0v) is 26.4. The van der Waals surface area contributed by atoms with Gasteiger partial charge in [-0.25, -0.2) is 14.4 Å². The number of imidazole rings is 1. The number of urea groups is 1. The van der Waals surface area contributed by atoms with E-state index in [1.165, 1.54) is 32.1 Å². The van der Waals surface area contributed by atoms with Crippen molar-refractivity contribution in [2.45, 2.75) is 76.0 Å². The highest BCUT2D eigenvalue weighted by Gasteiger charge is 2.43. The van der Waals surface area contributed by atoms with Crippen molar-refractivity contribution in [3.8, 4) is 0 Å². The molecule has 1 aromatic heterocycles. The number of nitrogens with zero attached hydrogens (tertiary/aromatic N) is 3. The van der Waals surface area contributed by atoms with E-state index in [0.29, 0.717) is 50.6 Å². The molecule has 4 aliphatic rings. The number of hydrogen-bond acceptors (Lipinski definition) is 6. The van der Waals surface area contributed by atoms with Crippen LogP contribution in [-0.4, -0.2) is 94.1 Å². The normalized spacial score (nSPS) is 21.0. The molecular formula is C34H43N7O5. The van der Waals surface area contributed by atoms with Crippen LogP contribution in [0.5, 0.6) is 0 Å². The SMILES string of the molecule is Cc1cc(CC(OC(=O)N2CCC3(CC2)NC(=O)Nc2ccccc23)C(=O)N2CCN(C3CCCCC3)CC2)cc2[nH]c(=O)[nH]c12. The largest absolute Gasteiger partial charge is 0.436 e. The van der Waals surface area contributed by atoms with Crippen molar-refractivity contribution in [3.05, 3.63) is 63.6 Å². The topological polar surface area (TPSA) is 143 Å². The number of carbonyl (C=O) groups is 3. The van der Waals surface area contributed by atoms with E-state index in [0.717, 1.165) is 41.0 Å². The Bertz CT molecular complexity index is 1680. The van der Waals surface area contributed by atoms with Crippen LogP contribution in [0.25, 0.3) is 11.0 Å². The summed E-state index contributed by atoms with van der Waals surface area (Å²) in [7, 11) is 0. The Labute approximate surface area is 267 Å². The summed E-state index contributed by atoms with van der Waals surface area (Å²) in [5.41, 5.74) is 3.99. The Hall–Kier alpha value is -4.32. The molecule has 3 aliphatic heterocycles. The highest BCUT2D eigenvalue weighted by Crippen LogP contribution is 2.39. The predicted octanol–water partition coefficient (Wildman–Crippen LogP) is 3.82. The Morgan fingerprint density at radius 1 is 0.935 bits per heavy atom. The van der Waals surface area contributed by atoms with Gasteiger partial charge in [-0.05, 0) is 55.9 Å². The van der Waals surface area contributed by atoms with Gasteiger partial charge in [0.2, 0.25) is 0 Å². The molecule has 1 atom stereocenters. The third-order valence-corrected chi connectivity index (χ3v) is 10.5. The Balaban J connectivity index is 1.06. The van der Waals surface area contributed by atoms with Crippen molar-refractivity contribution < 1.29 is 19.1 Å². The predicted molar refractivity (Wildman–Crippen MR) is 174 cm³/mol. The maximum atomic E-state index is 14.1. The number of amides is 4. The van der Waals surface area contributed by atoms with Gasteiger partial charge in [0.25, 0.3) is 5.91 Å². The number of rotatable bonds is 5. The first-order valence-corrected chi connectivity index (χ1v) is 16.7. The van der Waals surface area contributed by atoms with Crippen LogP contribution in [0.2, 0.25) is 0 Å². The lowest BCUT2D eigenvalue weighted by molar-refractivity contribution is -0.143. The van der Waals surface area contributed by atoms with Crippen molar-refractivity contribution in [2.75, 3.05) is 44.6 Å². The van der Waals surface area contributed by atoms with Crippen LogP contribution < -0.4 is 16.3 Å². The molecule has 4 amide bonds. The van der Waals surface area contributed by atoms with Gasteiger partial charge in [0, 0.05) is 63.0 Å². The van der Waals surface area contributed by atoms with Crippen molar-refractivity contribution in [3.63, 3.8) is 0 Å². The molecule has 2 aromatic carbocycles. The van der Waals surface area contributed by atoms with Gasteiger partial charge in [-0.3, -0.25) is 9.69 Å². The van der Waals surface area contributed by atoms with Crippen LogP contribution in [-0.2, 0) is 21.5 Å². The molecule has 1 spiro atoms. The number of nitrogens with one attached hydrogen (secondary N) is 4. The Morgan fingerprint density at radius 3 is 2.43 bits per heavy atom. The first-order valence-electron chi connectivity index (χ1n) is 16.7. The summed E-state index contributed by atoms with van der Waals surface area (Å²) >= 11 is 0. The number of likely N-dealkylation sites (tertiary alicyclic amines) is 1. The van der Waals surface area contributed by atoms with E-state index >= 15 is 0 Å². The van der Waals surface area contributed by atoms with Crippen LogP contribution in [0, 0.1) is 6.92 Å². The van der Waals surface area contributed by atoms with E-state index in [9.17, 15) is 19.2 Å². The second kappa shape index (κ2) is 12.5. The summed E-state index contributed by atoms with van der Waals surface area (Å²) in [5, 5.41) is 5.98. The van der Waals surface area contributed by atoms with Gasteiger partial charge in [-0.15, -0.1) is 0 Å². The summed E-state index contributed by atoms with van der Waals surface area (Å²) in [6.07, 6.45) is 6.01. The van der Waals surface area contributed by atoms with E-state index in [1.54, 1.807) is 4.90 Å². The van der Waals surface area contributed by atoms with Crippen LogP contribution >= 0.6 is 0 Å². The number of anilines is 1. The molecule has 3 fully saturated rings. The van der Waals surface area contributed by atoms with Gasteiger partial charge in [0.15, 0.2) is 6.10 Å². The van der Waals surface area contributed by atoms with Crippen molar-refractivity contribution in [1.29, 1.82) is 0 Å². The summed E-state index contributed by atoms with van der Waals surface area (Å²) in [6.45, 7) is 5.52. The average Bonchev–Trinajstić information content (AvgIpc) is 3.45. The number of para-hydroxylation sites is 1. The number of piperidine rings is 1. The van der Waals surface area contributed by atoms with Gasteiger partial charge in [0.1, 0.15) is 0 Å². The highest BCUT2D eigenvalue weighted by molar-refractivity contribution is 5.94. The third kappa shape index (κ3) is 5.97. The van der Waals surface area contributed by atoms with E-state index in [2.05, 4.69) is 25.5 Å². The smallest absolute Gasteiger partial charge is 0.410 e. The molecule has 2 saturated heterocycles. The third-order valence-electron chi connectivity index (χ3n) is 10.5. The van der Waals surface area contributed by atoms with E-state index in [-0.39, 0.29) is 24.0 Å². The molecule has 46 heavy (non-hydrogen) atoms. The van der Waals surface area contributed by atoms with Gasteiger partial charge in [-0.1, -0.05) is 43.5 Å². The maximum Gasteiger partial charge on any atom is 0.410 e. The number of piperazine rings is 1. The van der Waals surface area contributed by atoms with E-state index in [1.807, 2.05) is 48.2 Å². The van der Waals surface area contributed by atoms with Crippen molar-refractivity contribution in [1.82, 2.24) is 30.0 Å². The lowest BCUT2D eigenvalue weighted by atomic mass is 9.79. The lowest BCUT2D eigenvalue weighted by Gasteiger charge is -2.45. The number of fused-ring (bicyclic) bond motifs is 3. The molecule has 0 radical (unpaired) electrons. The van der Waals surface area contributed by atoms with Crippen LogP contribution in [0.4, 0.5) is 15.3 Å². The second-order valence-electron chi connectivity index (χ2n) is 13.3. The standard InChI is InChI=1S/C34H43N7O5/c1-22-19-23(20-27-29(22)37-31(43)36-27)21-28(30(42)40-17-15-39(16-18-40)24-7-3-2-4-8-24)46-33(45)41-13-11-34(12-14-41)25-9-5-6-10-26(25)35-32(44)38-34/h5-6,9-10,19-20,24,28H,2-4,7-8,11-18,21H2,1H3,(H2,35,38,44)(H2,36,37,43). The number of aryl methyl sites for hydroxylation is 1. The van der Waals surface area contributed by atoms with Crippen LogP contribution in [0.1, 0.15) is 61.6 Å². The summed E-state index contributed by atoms with van der Waals surface area (Å²) < 4.78 is 6.08. The van der Waals surface area contributed by atoms with Crippen molar-refractivity contribution >= 4 is 34.8 Å². The molecule has 7 rings (SSSR count). The molecule has 1 unspecified atom stereocenters. The molecule has 4 N–H and O–H groups in total. The fourth-order valence-corrected chi connectivity index (χ4v) is 7.97. The number of aromatic amines is 2. The Morgan fingerprint density at radius 2 is 1.67 bits per heavy atom. The fourth-order valence-electron chi connectivity index (χ4n) is 7.97. The fraction of sp³-hybridized carbons (Fsp3) is 0.529. The van der Waals surface area contributed by atoms with Gasteiger partial charge in [-0.2, -0.15) is 0 Å². The second-order valence-corrected chi connectivity index (χ2v) is 13.3. The van der Waals surface area contributed by atoms with Gasteiger partial charge >= 0.3 is 17.8 Å². The zero-order valence-electron chi connectivity index (χ0n) is 26.4. The van der Waals surface area contributed by atoms with Gasteiger partial charge < -0.3 is 35.1 Å². The monoisotopic (exact) mass is 629 g/mol. The molecule has 0 bridgehead atoms. The zero-order chi connectivity index (χ0) is 31.8. The minimum atomic E-state index is -1.01. The average molecular weight is 630 g/mol. The number of benzene rings is 2. The van der Waals surface area contributed by atoms with Crippen LogP contribution in [0.15, 0.2) is 41.2 Å². The minimum Gasteiger partial charge on any atom is -0.436 e. The lowest BCUT2D eigenvalue weighted by Crippen LogP contribution is -2.58. The Kier molecular flexibility index (Phi) is 8.22. The maximum absolute atomic E-state index is 14.1. The quantitative estimate of drug-likeness (QED) is 0.338. The number of hydrogen-bond donors (Lipinski definition) is 4. The first-order chi connectivity index (χ1) is 22.3. The summed E-state index contributed by atoms with van der Waals surface area (Å²) in [5.74, 6) is -0.190. The summed E-state index contributed by atoms with van der Waals surface area (Å²) in [6, 6.07) is 11.9. The first kappa shape index (κ1) is 30.3. The minimum absolute atomic E-state index is 0.190. The molecule has 12 nitrogen and oxygen atoms in total. The molecule has 12 heteroatoms. The van der Waals surface area contributed by atoms with E-state index < -0.39 is 17.7 Å². The molecule has 1 saturated carbocycles. The molecule has 244 valence electrons. The number of ether oxygens (including phenoxy) is 1. The van der Waals surface area contributed by atoms with Crippen LogP contribution in [0.3, 0.4) is 0 Å². The molecule has 1 aliphatic carbocycles. The molecular weight excluding hydrogens is 586 g/mol. The molecule has 4 heterocycles. The number of H-pyrrole nitrogens is 2. The molecule has 3 aromatic rings. The highest BCUT2D eigenvalue weighted by atomic mass is 16.6. The van der Waals surface area contributed by atoms with E-state index in [4.69, 9.17) is 4.74 Å². The number of aromatic nitrogens is 2. The van der Waals surface area contributed by atoms with Gasteiger partial charge in [0.05, 0.1) is 16.6 Å².